The molecule has 4 heteroatoms. The van der Waals surface area contributed by atoms with Crippen LogP contribution in [0.2, 0.25) is 0 Å². The Morgan fingerprint density at radius 2 is 1.78 bits per heavy atom. The van der Waals surface area contributed by atoms with Crippen LogP contribution in [0, 0.1) is 43.4 Å². The standard InChI is InChI=1S/C32H39NO3/c1-7-8-17-28(34)30-32(5,6)18-19-33(30)31(36)24(4)26(20-25-14-10-9-11-15-25)21-29(35)27-16-12-13-22(2)23(27)3/h1,9-16,24,26,30H,8,17-21H2,2-6H3. The maximum absolute atomic E-state index is 13.9. The van der Waals surface area contributed by atoms with E-state index in [1.807, 2.05) is 69.3 Å². The molecule has 1 fully saturated rings. The minimum Gasteiger partial charge on any atom is -0.332 e. The molecule has 0 aromatic heterocycles. The highest BCUT2D eigenvalue weighted by Crippen LogP contribution is 2.39. The molecule has 3 atom stereocenters. The number of rotatable bonds is 10. The van der Waals surface area contributed by atoms with Gasteiger partial charge in [-0.2, -0.15) is 0 Å². The van der Waals surface area contributed by atoms with Gasteiger partial charge >= 0.3 is 0 Å². The van der Waals surface area contributed by atoms with Crippen molar-refractivity contribution in [2.45, 2.75) is 72.8 Å². The number of nitrogens with zero attached hydrogens (tertiary/aromatic N) is 1. The van der Waals surface area contributed by atoms with Gasteiger partial charge in [0, 0.05) is 37.3 Å². The number of ketones is 2. The molecule has 0 spiro atoms. The Hall–Kier alpha value is -3.19. The van der Waals surface area contributed by atoms with Crippen LogP contribution in [0.5, 0.6) is 0 Å². The molecule has 0 radical (unpaired) electrons. The molecular formula is C32H39NO3. The molecule has 3 unspecified atom stereocenters. The molecule has 0 aliphatic carbocycles. The summed E-state index contributed by atoms with van der Waals surface area (Å²) in [7, 11) is 0. The highest BCUT2D eigenvalue weighted by atomic mass is 16.2. The van der Waals surface area contributed by atoms with Crippen molar-refractivity contribution >= 4 is 17.5 Å². The minimum atomic E-state index is -0.479. The molecule has 0 N–H and O–H groups in total. The first-order valence-corrected chi connectivity index (χ1v) is 13.0. The first kappa shape index (κ1) is 27.4. The van der Waals surface area contributed by atoms with Crippen LogP contribution in [0.25, 0.3) is 0 Å². The summed E-state index contributed by atoms with van der Waals surface area (Å²) in [4.78, 5) is 42.3. The number of carbonyl (C=O) groups excluding carboxylic acids is 3. The Balaban J connectivity index is 1.88. The lowest BCUT2D eigenvalue weighted by Crippen LogP contribution is -2.49. The molecule has 1 amide bonds. The number of terminal acetylenes is 1. The number of hydrogen-bond acceptors (Lipinski definition) is 3. The smallest absolute Gasteiger partial charge is 0.226 e. The molecule has 0 bridgehead atoms. The Morgan fingerprint density at radius 3 is 2.44 bits per heavy atom. The fraction of sp³-hybridized carbons (Fsp3) is 0.469. The maximum Gasteiger partial charge on any atom is 0.226 e. The predicted molar refractivity (Wildman–Crippen MR) is 145 cm³/mol. The van der Waals surface area contributed by atoms with Gasteiger partial charge in [-0.1, -0.05) is 69.3 Å². The van der Waals surface area contributed by atoms with Gasteiger partial charge in [-0.25, -0.2) is 0 Å². The third-order valence-corrected chi connectivity index (χ3v) is 7.94. The molecule has 36 heavy (non-hydrogen) atoms. The zero-order valence-electron chi connectivity index (χ0n) is 22.3. The summed E-state index contributed by atoms with van der Waals surface area (Å²) in [6.07, 6.45) is 7.72. The summed E-state index contributed by atoms with van der Waals surface area (Å²) in [5.74, 6) is 1.99. The van der Waals surface area contributed by atoms with Crippen LogP contribution in [0.15, 0.2) is 48.5 Å². The zero-order valence-corrected chi connectivity index (χ0v) is 22.3. The number of carbonyl (C=O) groups is 3. The third kappa shape index (κ3) is 6.13. The first-order chi connectivity index (χ1) is 17.1. The molecular weight excluding hydrogens is 446 g/mol. The van der Waals surface area contributed by atoms with E-state index in [1.54, 1.807) is 4.90 Å². The Morgan fingerprint density at radius 1 is 1.08 bits per heavy atom. The Bertz CT molecular complexity index is 1140. The van der Waals surface area contributed by atoms with Gasteiger partial charge in [0.15, 0.2) is 11.6 Å². The average Bonchev–Trinajstić information content (AvgIpc) is 3.18. The van der Waals surface area contributed by atoms with Crippen molar-refractivity contribution < 1.29 is 14.4 Å². The summed E-state index contributed by atoms with van der Waals surface area (Å²) in [6, 6.07) is 15.3. The quantitative estimate of drug-likeness (QED) is 0.307. The number of likely N-dealkylation sites (tertiary alicyclic amines) is 1. The predicted octanol–water partition coefficient (Wildman–Crippen LogP) is 5.98. The largest absolute Gasteiger partial charge is 0.332 e. The molecule has 3 rings (SSSR count). The van der Waals surface area contributed by atoms with Gasteiger partial charge in [0.1, 0.15) is 0 Å². The van der Waals surface area contributed by atoms with E-state index >= 15 is 0 Å². The Kier molecular flexibility index (Phi) is 8.90. The van der Waals surface area contributed by atoms with Crippen molar-refractivity contribution in [2.24, 2.45) is 17.3 Å². The van der Waals surface area contributed by atoms with Crippen molar-refractivity contribution in [1.29, 1.82) is 0 Å². The second kappa shape index (κ2) is 11.7. The molecule has 2 aromatic rings. The number of Topliss-reactive ketones (excluding diaryl/α,β-unsaturated/α-hetero) is 2. The van der Waals surface area contributed by atoms with Crippen LogP contribution in [0.4, 0.5) is 0 Å². The van der Waals surface area contributed by atoms with Gasteiger partial charge in [0.05, 0.1) is 6.04 Å². The molecule has 1 heterocycles. The molecule has 2 aromatic carbocycles. The van der Waals surface area contributed by atoms with Crippen molar-refractivity contribution in [2.75, 3.05) is 6.54 Å². The number of aryl methyl sites for hydroxylation is 1. The van der Waals surface area contributed by atoms with E-state index in [4.69, 9.17) is 6.42 Å². The van der Waals surface area contributed by atoms with Crippen molar-refractivity contribution in [3.8, 4) is 12.3 Å². The molecule has 190 valence electrons. The Labute approximate surface area is 216 Å². The first-order valence-electron chi connectivity index (χ1n) is 13.0. The van der Waals surface area contributed by atoms with Crippen LogP contribution in [0.1, 0.15) is 73.5 Å². The van der Waals surface area contributed by atoms with Crippen LogP contribution in [0.3, 0.4) is 0 Å². The van der Waals surface area contributed by atoms with E-state index < -0.39 is 12.0 Å². The summed E-state index contributed by atoms with van der Waals surface area (Å²) in [5, 5.41) is 0. The van der Waals surface area contributed by atoms with Crippen molar-refractivity contribution in [3.63, 3.8) is 0 Å². The van der Waals surface area contributed by atoms with Crippen LogP contribution in [-0.4, -0.2) is 35.0 Å². The summed E-state index contributed by atoms with van der Waals surface area (Å²) < 4.78 is 0. The number of benzene rings is 2. The lowest BCUT2D eigenvalue weighted by Gasteiger charge is -2.34. The van der Waals surface area contributed by atoms with E-state index in [1.165, 1.54) is 0 Å². The number of amides is 1. The highest BCUT2D eigenvalue weighted by Gasteiger charge is 2.47. The normalized spacial score (nSPS) is 18.3. The minimum absolute atomic E-state index is 0.0297. The van der Waals surface area contributed by atoms with Gasteiger partial charge in [-0.3, -0.25) is 14.4 Å². The molecule has 4 nitrogen and oxygen atoms in total. The summed E-state index contributed by atoms with van der Waals surface area (Å²) in [6.45, 7) is 10.5. The molecule has 1 saturated heterocycles. The van der Waals surface area contributed by atoms with Gasteiger partial charge in [-0.15, -0.1) is 12.3 Å². The van der Waals surface area contributed by atoms with E-state index in [2.05, 4.69) is 19.8 Å². The van der Waals surface area contributed by atoms with Crippen molar-refractivity contribution in [3.05, 3.63) is 70.8 Å². The van der Waals surface area contributed by atoms with E-state index in [9.17, 15) is 14.4 Å². The van der Waals surface area contributed by atoms with Crippen molar-refractivity contribution in [1.82, 2.24) is 4.90 Å². The van der Waals surface area contributed by atoms with Crippen LogP contribution >= 0.6 is 0 Å². The second-order valence-corrected chi connectivity index (χ2v) is 11.0. The fourth-order valence-electron chi connectivity index (χ4n) is 5.48. The van der Waals surface area contributed by atoms with Crippen LogP contribution < -0.4 is 0 Å². The summed E-state index contributed by atoms with van der Waals surface area (Å²) in [5.41, 5.74) is 3.58. The van der Waals surface area contributed by atoms with Crippen LogP contribution in [-0.2, 0) is 16.0 Å². The summed E-state index contributed by atoms with van der Waals surface area (Å²) >= 11 is 0. The lowest BCUT2D eigenvalue weighted by molar-refractivity contribution is -0.143. The van der Waals surface area contributed by atoms with E-state index in [-0.39, 0.29) is 41.6 Å². The highest BCUT2D eigenvalue weighted by molar-refractivity contribution is 5.98. The topological polar surface area (TPSA) is 54.5 Å². The SMILES string of the molecule is C#CCCC(=O)C1N(C(=O)C(C)C(CC(=O)c2cccc(C)c2C)Cc2ccccc2)CCC1(C)C. The van der Waals surface area contributed by atoms with Gasteiger partial charge in [0.25, 0.3) is 0 Å². The number of hydrogen-bond donors (Lipinski definition) is 0. The lowest BCUT2D eigenvalue weighted by atomic mass is 9.79. The second-order valence-electron chi connectivity index (χ2n) is 11.0. The van der Waals surface area contributed by atoms with Gasteiger partial charge < -0.3 is 4.90 Å². The van der Waals surface area contributed by atoms with E-state index in [0.717, 1.165) is 28.7 Å². The average molecular weight is 486 g/mol. The fourth-order valence-corrected chi connectivity index (χ4v) is 5.48. The van der Waals surface area contributed by atoms with Gasteiger partial charge in [-0.05, 0) is 54.7 Å². The van der Waals surface area contributed by atoms with E-state index in [0.29, 0.717) is 19.4 Å². The molecule has 0 saturated carbocycles. The van der Waals surface area contributed by atoms with Gasteiger partial charge in [0.2, 0.25) is 5.91 Å². The maximum atomic E-state index is 13.9. The molecule has 1 aliphatic heterocycles. The zero-order chi connectivity index (χ0) is 26.5. The molecule has 1 aliphatic rings. The monoisotopic (exact) mass is 485 g/mol. The third-order valence-electron chi connectivity index (χ3n) is 7.94.